The number of rotatable bonds is 5. The van der Waals surface area contributed by atoms with Crippen LogP contribution in [-0.2, 0) is 4.79 Å². The summed E-state index contributed by atoms with van der Waals surface area (Å²) in [5.74, 6) is -0.0610. The Labute approximate surface area is 125 Å². The summed E-state index contributed by atoms with van der Waals surface area (Å²) in [6.07, 6.45) is 0. The summed E-state index contributed by atoms with van der Waals surface area (Å²) in [6.45, 7) is 2.26. The number of hydrogen-bond acceptors (Lipinski definition) is 3. The Kier molecular flexibility index (Phi) is 4.82. The summed E-state index contributed by atoms with van der Waals surface area (Å²) in [5.41, 5.74) is 4.01. The molecule has 0 heterocycles. The first kappa shape index (κ1) is 14.9. The van der Waals surface area contributed by atoms with E-state index in [1.807, 2.05) is 74.4 Å². The number of carbonyl (C=O) groups is 1. The third kappa shape index (κ3) is 4.53. The van der Waals surface area contributed by atoms with E-state index in [2.05, 4.69) is 10.6 Å². The molecule has 0 bridgehead atoms. The quantitative estimate of drug-likeness (QED) is 0.886. The summed E-state index contributed by atoms with van der Waals surface area (Å²) in [6, 6.07) is 15.7. The minimum absolute atomic E-state index is 0.0610. The van der Waals surface area contributed by atoms with Gasteiger partial charge in [0.15, 0.2) is 0 Å². The number of anilines is 3. The van der Waals surface area contributed by atoms with Crippen molar-refractivity contribution >= 4 is 23.0 Å². The number of carbonyl (C=O) groups excluding carboxylic acids is 1. The van der Waals surface area contributed by atoms with Crippen molar-refractivity contribution < 1.29 is 4.79 Å². The molecule has 0 fully saturated rings. The van der Waals surface area contributed by atoms with Crippen LogP contribution in [0.2, 0.25) is 0 Å². The molecule has 1 amide bonds. The third-order valence-corrected chi connectivity index (χ3v) is 3.15. The zero-order chi connectivity index (χ0) is 15.2. The first-order valence-electron chi connectivity index (χ1n) is 6.92. The van der Waals surface area contributed by atoms with Crippen molar-refractivity contribution in [2.45, 2.75) is 6.92 Å². The van der Waals surface area contributed by atoms with Gasteiger partial charge in [-0.3, -0.25) is 4.79 Å². The van der Waals surface area contributed by atoms with Gasteiger partial charge in [0.2, 0.25) is 5.91 Å². The van der Waals surface area contributed by atoms with Crippen LogP contribution in [0, 0.1) is 6.92 Å². The third-order valence-electron chi connectivity index (χ3n) is 3.15. The van der Waals surface area contributed by atoms with E-state index in [9.17, 15) is 4.79 Å². The van der Waals surface area contributed by atoms with Crippen LogP contribution in [0.25, 0.3) is 0 Å². The summed E-state index contributed by atoms with van der Waals surface area (Å²) in [5, 5.41) is 6.00. The lowest BCUT2D eigenvalue weighted by molar-refractivity contribution is -0.114. The number of aryl methyl sites for hydroxylation is 1. The lowest BCUT2D eigenvalue weighted by atomic mass is 10.2. The van der Waals surface area contributed by atoms with Gasteiger partial charge in [0.25, 0.3) is 0 Å². The van der Waals surface area contributed by atoms with Gasteiger partial charge in [-0.15, -0.1) is 0 Å². The Morgan fingerprint density at radius 1 is 1.05 bits per heavy atom. The standard InChI is InChI=1S/C17H21N3O/c1-13-7-9-14(10-8-13)19-17(21)12-18-15-5-4-6-16(11-15)20(2)3/h4-11,18H,12H2,1-3H3,(H,19,21). The predicted molar refractivity (Wildman–Crippen MR) is 89.1 cm³/mol. The van der Waals surface area contributed by atoms with Crippen LogP contribution in [-0.4, -0.2) is 26.5 Å². The number of amides is 1. The molecule has 4 nitrogen and oxygen atoms in total. The lowest BCUT2D eigenvalue weighted by Crippen LogP contribution is -2.21. The number of nitrogens with one attached hydrogen (secondary N) is 2. The van der Waals surface area contributed by atoms with E-state index in [4.69, 9.17) is 0 Å². The van der Waals surface area contributed by atoms with Gasteiger partial charge in [-0.2, -0.15) is 0 Å². The largest absolute Gasteiger partial charge is 0.378 e. The maximum atomic E-state index is 11.9. The molecule has 2 N–H and O–H groups in total. The highest BCUT2D eigenvalue weighted by Gasteiger charge is 2.03. The Morgan fingerprint density at radius 3 is 2.43 bits per heavy atom. The average molecular weight is 283 g/mol. The van der Waals surface area contributed by atoms with Crippen LogP contribution >= 0.6 is 0 Å². The van der Waals surface area contributed by atoms with Gasteiger partial charge < -0.3 is 15.5 Å². The molecule has 2 rings (SSSR count). The Morgan fingerprint density at radius 2 is 1.76 bits per heavy atom. The predicted octanol–water partition coefficient (Wildman–Crippen LogP) is 3.11. The van der Waals surface area contributed by atoms with Crippen molar-refractivity contribution in [1.82, 2.24) is 0 Å². The molecule has 0 saturated carbocycles. The van der Waals surface area contributed by atoms with Crippen LogP contribution in [0.1, 0.15) is 5.56 Å². The minimum atomic E-state index is -0.0610. The number of nitrogens with zero attached hydrogens (tertiary/aromatic N) is 1. The zero-order valence-electron chi connectivity index (χ0n) is 12.7. The fourth-order valence-corrected chi connectivity index (χ4v) is 1.92. The van der Waals surface area contributed by atoms with Gasteiger partial charge in [0.1, 0.15) is 0 Å². The fraction of sp³-hybridized carbons (Fsp3) is 0.235. The van der Waals surface area contributed by atoms with Crippen molar-refractivity contribution in [3.8, 4) is 0 Å². The van der Waals surface area contributed by atoms with Crippen molar-refractivity contribution in [2.24, 2.45) is 0 Å². The molecule has 2 aromatic rings. The van der Waals surface area contributed by atoms with E-state index in [0.717, 1.165) is 17.1 Å². The maximum Gasteiger partial charge on any atom is 0.243 e. The SMILES string of the molecule is Cc1ccc(NC(=O)CNc2cccc(N(C)C)c2)cc1. The highest BCUT2D eigenvalue weighted by Crippen LogP contribution is 2.17. The molecule has 0 saturated heterocycles. The molecule has 0 spiro atoms. The van der Waals surface area contributed by atoms with E-state index in [-0.39, 0.29) is 12.5 Å². The van der Waals surface area contributed by atoms with Crippen LogP contribution in [0.5, 0.6) is 0 Å². The van der Waals surface area contributed by atoms with E-state index >= 15 is 0 Å². The maximum absolute atomic E-state index is 11.9. The molecule has 0 atom stereocenters. The van der Waals surface area contributed by atoms with Crippen LogP contribution in [0.15, 0.2) is 48.5 Å². The van der Waals surface area contributed by atoms with E-state index in [0.29, 0.717) is 0 Å². The Hall–Kier alpha value is -2.49. The zero-order valence-corrected chi connectivity index (χ0v) is 12.7. The first-order chi connectivity index (χ1) is 10.0. The van der Waals surface area contributed by atoms with Gasteiger partial charge in [-0.25, -0.2) is 0 Å². The fourth-order valence-electron chi connectivity index (χ4n) is 1.92. The van der Waals surface area contributed by atoms with E-state index < -0.39 is 0 Å². The average Bonchev–Trinajstić information content (AvgIpc) is 2.48. The molecule has 21 heavy (non-hydrogen) atoms. The van der Waals surface area contributed by atoms with Gasteiger partial charge in [-0.05, 0) is 37.3 Å². The van der Waals surface area contributed by atoms with Gasteiger partial charge in [-0.1, -0.05) is 23.8 Å². The molecule has 0 unspecified atom stereocenters. The van der Waals surface area contributed by atoms with Crippen molar-refractivity contribution in [3.63, 3.8) is 0 Å². The van der Waals surface area contributed by atoms with E-state index in [1.54, 1.807) is 0 Å². The molecule has 2 aromatic carbocycles. The highest BCUT2D eigenvalue weighted by atomic mass is 16.1. The molecule has 0 radical (unpaired) electrons. The van der Waals surface area contributed by atoms with Crippen LogP contribution in [0.4, 0.5) is 17.1 Å². The second kappa shape index (κ2) is 6.79. The Bertz CT molecular complexity index is 606. The Balaban J connectivity index is 1.89. The molecule has 0 aromatic heterocycles. The highest BCUT2D eigenvalue weighted by molar-refractivity contribution is 5.93. The van der Waals surface area contributed by atoms with Crippen molar-refractivity contribution in [1.29, 1.82) is 0 Å². The smallest absolute Gasteiger partial charge is 0.243 e. The molecular weight excluding hydrogens is 262 g/mol. The minimum Gasteiger partial charge on any atom is -0.378 e. The molecule has 0 aliphatic carbocycles. The lowest BCUT2D eigenvalue weighted by Gasteiger charge is -2.14. The second-order valence-corrected chi connectivity index (χ2v) is 5.21. The van der Waals surface area contributed by atoms with Crippen LogP contribution in [0.3, 0.4) is 0 Å². The summed E-state index contributed by atoms with van der Waals surface area (Å²) in [7, 11) is 3.98. The topological polar surface area (TPSA) is 44.4 Å². The molecule has 0 aliphatic rings. The molecule has 4 heteroatoms. The normalized spacial score (nSPS) is 10.0. The van der Waals surface area contributed by atoms with E-state index in [1.165, 1.54) is 5.56 Å². The van der Waals surface area contributed by atoms with Crippen LogP contribution < -0.4 is 15.5 Å². The second-order valence-electron chi connectivity index (χ2n) is 5.21. The monoisotopic (exact) mass is 283 g/mol. The molecule has 110 valence electrons. The number of hydrogen-bond donors (Lipinski definition) is 2. The first-order valence-corrected chi connectivity index (χ1v) is 6.92. The van der Waals surface area contributed by atoms with Gasteiger partial charge >= 0.3 is 0 Å². The molecule has 0 aliphatic heterocycles. The summed E-state index contributed by atoms with van der Waals surface area (Å²) >= 11 is 0. The summed E-state index contributed by atoms with van der Waals surface area (Å²) in [4.78, 5) is 13.9. The van der Waals surface area contributed by atoms with Crippen molar-refractivity contribution in [3.05, 3.63) is 54.1 Å². The van der Waals surface area contributed by atoms with Gasteiger partial charge in [0.05, 0.1) is 6.54 Å². The number of benzene rings is 2. The molecular formula is C17H21N3O. The summed E-state index contributed by atoms with van der Waals surface area (Å²) < 4.78 is 0. The van der Waals surface area contributed by atoms with Crippen molar-refractivity contribution in [2.75, 3.05) is 36.2 Å². The van der Waals surface area contributed by atoms with Gasteiger partial charge in [0, 0.05) is 31.2 Å².